The Bertz CT molecular complexity index is 659. The van der Waals surface area contributed by atoms with E-state index in [0.717, 1.165) is 12.1 Å². The van der Waals surface area contributed by atoms with Gasteiger partial charge in [-0.25, -0.2) is 4.39 Å². The molecule has 0 saturated carbocycles. The van der Waals surface area contributed by atoms with Gasteiger partial charge in [-0.2, -0.15) is 0 Å². The number of carbonyl (C=O) groups is 1. The van der Waals surface area contributed by atoms with Gasteiger partial charge in [-0.15, -0.1) is 0 Å². The average Bonchev–Trinajstić information content (AvgIpc) is 2.42. The quantitative estimate of drug-likeness (QED) is 0.593. The molecule has 6 heteroatoms. The summed E-state index contributed by atoms with van der Waals surface area (Å²) < 4.78 is 18.3. The molecular weight excluding hydrogens is 263 g/mol. The number of carbonyl (C=O) groups excluding carboxylic acids is 1. The summed E-state index contributed by atoms with van der Waals surface area (Å²) in [6, 6.07) is 8.17. The number of anilines is 2. The first kappa shape index (κ1) is 13.7. The molecule has 1 amide bonds. The number of ether oxygens (including phenoxy) is 1. The molecule has 0 aromatic heterocycles. The Kier molecular flexibility index (Phi) is 3.74. The van der Waals surface area contributed by atoms with Crippen molar-refractivity contribution in [2.75, 3.05) is 18.2 Å². The van der Waals surface area contributed by atoms with E-state index in [4.69, 9.17) is 15.6 Å². The second kappa shape index (κ2) is 5.48. The van der Waals surface area contributed by atoms with Crippen molar-refractivity contribution in [3.05, 3.63) is 47.8 Å². The van der Waals surface area contributed by atoms with Gasteiger partial charge in [-0.3, -0.25) is 4.79 Å². The lowest BCUT2D eigenvalue weighted by atomic mass is 10.1. The minimum atomic E-state index is -0.813. The normalized spacial score (nSPS) is 10.1. The zero-order valence-corrected chi connectivity index (χ0v) is 10.7. The number of amides is 1. The third kappa shape index (κ3) is 2.80. The molecule has 0 radical (unpaired) electrons. The smallest absolute Gasteiger partial charge is 0.259 e. The summed E-state index contributed by atoms with van der Waals surface area (Å²) in [5.41, 5.74) is 6.57. The third-order valence-electron chi connectivity index (χ3n) is 2.68. The maximum atomic E-state index is 13.2. The van der Waals surface area contributed by atoms with Gasteiger partial charge >= 0.3 is 0 Å². The van der Waals surface area contributed by atoms with Gasteiger partial charge in [0.15, 0.2) is 11.6 Å². The van der Waals surface area contributed by atoms with Crippen molar-refractivity contribution >= 4 is 17.3 Å². The van der Waals surface area contributed by atoms with Crippen molar-refractivity contribution in [3.8, 4) is 11.5 Å². The third-order valence-corrected chi connectivity index (χ3v) is 2.68. The standard InChI is InChI=1S/C14H13FN2O3/c1-20-13-6-8(16)2-4-10(13)14(19)17-9-3-5-12(18)11(15)7-9/h2-7,18H,16H2,1H3,(H,17,19). The fraction of sp³-hybridized carbons (Fsp3) is 0.0714. The van der Waals surface area contributed by atoms with Crippen LogP contribution in [-0.4, -0.2) is 18.1 Å². The highest BCUT2D eigenvalue weighted by molar-refractivity contribution is 6.06. The lowest BCUT2D eigenvalue weighted by molar-refractivity contribution is 0.102. The van der Waals surface area contributed by atoms with Crippen LogP contribution in [0.25, 0.3) is 0 Å². The lowest BCUT2D eigenvalue weighted by Gasteiger charge is -2.10. The van der Waals surface area contributed by atoms with E-state index in [1.54, 1.807) is 6.07 Å². The Morgan fingerprint density at radius 3 is 2.70 bits per heavy atom. The highest BCUT2D eigenvalue weighted by Crippen LogP contribution is 2.24. The van der Waals surface area contributed by atoms with Crippen LogP contribution in [0.1, 0.15) is 10.4 Å². The molecular formula is C14H13FN2O3. The van der Waals surface area contributed by atoms with Crippen LogP contribution < -0.4 is 15.8 Å². The summed E-state index contributed by atoms with van der Waals surface area (Å²) in [6.45, 7) is 0. The van der Waals surface area contributed by atoms with Crippen LogP contribution >= 0.6 is 0 Å². The number of hydrogen-bond donors (Lipinski definition) is 3. The van der Waals surface area contributed by atoms with Crippen LogP contribution in [0, 0.1) is 5.82 Å². The lowest BCUT2D eigenvalue weighted by Crippen LogP contribution is -2.13. The van der Waals surface area contributed by atoms with E-state index in [1.807, 2.05) is 0 Å². The van der Waals surface area contributed by atoms with Crippen molar-refractivity contribution in [3.63, 3.8) is 0 Å². The van der Waals surface area contributed by atoms with E-state index >= 15 is 0 Å². The van der Waals surface area contributed by atoms with E-state index in [1.165, 1.54) is 25.3 Å². The van der Waals surface area contributed by atoms with E-state index < -0.39 is 17.5 Å². The molecule has 20 heavy (non-hydrogen) atoms. The summed E-state index contributed by atoms with van der Waals surface area (Å²) in [6.07, 6.45) is 0. The van der Waals surface area contributed by atoms with Crippen molar-refractivity contribution in [2.24, 2.45) is 0 Å². The van der Waals surface area contributed by atoms with Gasteiger partial charge in [0.2, 0.25) is 0 Å². The first-order valence-corrected chi connectivity index (χ1v) is 5.74. The maximum Gasteiger partial charge on any atom is 0.259 e. The number of phenols is 1. The Balaban J connectivity index is 2.25. The molecule has 2 rings (SSSR count). The zero-order chi connectivity index (χ0) is 14.7. The largest absolute Gasteiger partial charge is 0.505 e. The molecule has 0 unspecified atom stereocenters. The Hall–Kier alpha value is -2.76. The predicted molar refractivity (Wildman–Crippen MR) is 73.4 cm³/mol. The second-order valence-corrected chi connectivity index (χ2v) is 4.08. The molecule has 2 aromatic rings. The van der Waals surface area contributed by atoms with Gasteiger partial charge in [-0.1, -0.05) is 0 Å². The van der Waals surface area contributed by atoms with Crippen molar-refractivity contribution in [2.45, 2.75) is 0 Å². The summed E-state index contributed by atoms with van der Waals surface area (Å²) in [5, 5.41) is 11.6. The number of nitrogens with two attached hydrogens (primary N) is 1. The first-order valence-electron chi connectivity index (χ1n) is 5.74. The van der Waals surface area contributed by atoms with Crippen LogP contribution in [0.5, 0.6) is 11.5 Å². The Morgan fingerprint density at radius 1 is 1.30 bits per heavy atom. The molecule has 0 saturated heterocycles. The molecule has 0 fully saturated rings. The van der Waals surface area contributed by atoms with Gasteiger partial charge in [0.25, 0.3) is 5.91 Å². The van der Waals surface area contributed by atoms with Crippen molar-refractivity contribution in [1.82, 2.24) is 0 Å². The molecule has 104 valence electrons. The van der Waals surface area contributed by atoms with Gasteiger partial charge in [-0.05, 0) is 24.3 Å². The monoisotopic (exact) mass is 276 g/mol. The van der Waals surface area contributed by atoms with Crippen LogP contribution in [0.2, 0.25) is 0 Å². The van der Waals surface area contributed by atoms with Gasteiger partial charge in [0.05, 0.1) is 12.7 Å². The Morgan fingerprint density at radius 2 is 2.05 bits per heavy atom. The number of rotatable bonds is 3. The molecule has 0 spiro atoms. The average molecular weight is 276 g/mol. The summed E-state index contributed by atoms with van der Waals surface area (Å²) >= 11 is 0. The van der Waals surface area contributed by atoms with Crippen LogP contribution in [-0.2, 0) is 0 Å². The predicted octanol–water partition coefficient (Wildman–Crippen LogP) is 2.37. The molecule has 5 nitrogen and oxygen atoms in total. The number of aromatic hydroxyl groups is 1. The summed E-state index contributed by atoms with van der Waals surface area (Å²) in [5.74, 6) is -1.44. The van der Waals surface area contributed by atoms with Crippen molar-refractivity contribution < 1.29 is 19.0 Å². The molecule has 0 aliphatic rings. The van der Waals surface area contributed by atoms with Gasteiger partial charge in [0, 0.05) is 23.5 Å². The van der Waals surface area contributed by atoms with E-state index in [2.05, 4.69) is 5.32 Å². The number of hydrogen-bond acceptors (Lipinski definition) is 4. The Labute approximate surface area is 114 Å². The number of methoxy groups -OCH3 is 1. The molecule has 0 atom stereocenters. The van der Waals surface area contributed by atoms with Gasteiger partial charge in [0.1, 0.15) is 5.75 Å². The number of nitrogens with one attached hydrogen (secondary N) is 1. The van der Waals surface area contributed by atoms with E-state index in [0.29, 0.717) is 11.4 Å². The topological polar surface area (TPSA) is 84.6 Å². The molecule has 0 heterocycles. The molecule has 0 bridgehead atoms. The summed E-state index contributed by atoms with van der Waals surface area (Å²) in [4.78, 5) is 12.1. The second-order valence-electron chi connectivity index (χ2n) is 4.08. The maximum absolute atomic E-state index is 13.2. The minimum absolute atomic E-state index is 0.226. The van der Waals surface area contributed by atoms with Crippen LogP contribution in [0.4, 0.5) is 15.8 Å². The minimum Gasteiger partial charge on any atom is -0.505 e. The van der Waals surface area contributed by atoms with E-state index in [9.17, 15) is 9.18 Å². The number of nitrogen functional groups attached to an aromatic ring is 1. The molecule has 4 N–H and O–H groups in total. The molecule has 2 aromatic carbocycles. The molecule has 0 aliphatic carbocycles. The highest BCUT2D eigenvalue weighted by Gasteiger charge is 2.13. The van der Waals surface area contributed by atoms with Crippen LogP contribution in [0.3, 0.4) is 0 Å². The van der Waals surface area contributed by atoms with Gasteiger partial charge < -0.3 is 20.9 Å². The molecule has 0 aliphatic heterocycles. The van der Waals surface area contributed by atoms with Crippen LogP contribution in [0.15, 0.2) is 36.4 Å². The van der Waals surface area contributed by atoms with Crippen molar-refractivity contribution in [1.29, 1.82) is 0 Å². The number of phenolic OH excluding ortho intramolecular Hbond substituents is 1. The number of halogens is 1. The fourth-order valence-electron chi connectivity index (χ4n) is 1.68. The summed E-state index contributed by atoms with van der Waals surface area (Å²) in [7, 11) is 1.42. The van der Waals surface area contributed by atoms with E-state index in [-0.39, 0.29) is 11.3 Å². The first-order chi connectivity index (χ1) is 9.51. The highest BCUT2D eigenvalue weighted by atomic mass is 19.1. The number of benzene rings is 2. The SMILES string of the molecule is COc1cc(N)ccc1C(=O)Nc1ccc(O)c(F)c1. The fourth-order valence-corrected chi connectivity index (χ4v) is 1.68. The zero-order valence-electron chi connectivity index (χ0n) is 10.7.